The summed E-state index contributed by atoms with van der Waals surface area (Å²) >= 11 is 0. The van der Waals surface area contributed by atoms with Gasteiger partial charge >= 0.3 is 6.09 Å². The lowest BCUT2D eigenvalue weighted by atomic mass is 10.0. The third-order valence-electron chi connectivity index (χ3n) is 3.41. The quantitative estimate of drug-likeness (QED) is 0.822. The highest BCUT2D eigenvalue weighted by molar-refractivity contribution is 5.68. The number of rotatable bonds is 2. The van der Waals surface area contributed by atoms with Crippen LogP contribution in [0.4, 0.5) is 10.5 Å². The fourth-order valence-corrected chi connectivity index (χ4v) is 2.35. The number of benzene rings is 1. The van der Waals surface area contributed by atoms with Gasteiger partial charge in [0.15, 0.2) is 0 Å². The van der Waals surface area contributed by atoms with Gasteiger partial charge in [-0.15, -0.1) is 0 Å². The highest BCUT2D eigenvalue weighted by atomic mass is 16.6. The molecule has 1 aliphatic rings. The van der Waals surface area contributed by atoms with Crippen molar-refractivity contribution in [3.8, 4) is 5.75 Å². The first-order chi connectivity index (χ1) is 9.85. The Hall–Kier alpha value is -1.91. The van der Waals surface area contributed by atoms with E-state index in [4.69, 9.17) is 4.74 Å². The Morgan fingerprint density at radius 2 is 1.90 bits per heavy atom. The zero-order chi connectivity index (χ0) is 15.5. The lowest BCUT2D eigenvalue weighted by Gasteiger charge is -2.34. The molecule has 2 N–H and O–H groups in total. The van der Waals surface area contributed by atoms with Gasteiger partial charge in [-0.25, -0.2) is 4.79 Å². The summed E-state index contributed by atoms with van der Waals surface area (Å²) < 4.78 is 5.38. The lowest BCUT2D eigenvalue weighted by Crippen LogP contribution is -2.44. The Labute approximate surface area is 125 Å². The normalized spacial score (nSPS) is 16.6. The van der Waals surface area contributed by atoms with Gasteiger partial charge in [0.1, 0.15) is 11.4 Å². The smallest absolute Gasteiger partial charge is 0.410 e. The van der Waals surface area contributed by atoms with Crippen LogP contribution < -0.4 is 5.32 Å². The molecule has 0 bridgehead atoms. The Morgan fingerprint density at radius 3 is 2.48 bits per heavy atom. The SMILES string of the molecule is CC(C)(C)OC(=O)N1CCC(Nc2ccccc2O)CC1. The van der Waals surface area contributed by atoms with Gasteiger partial charge in [-0.2, -0.15) is 0 Å². The van der Waals surface area contributed by atoms with Crippen LogP contribution in [0.25, 0.3) is 0 Å². The van der Waals surface area contributed by atoms with Gasteiger partial charge in [0.25, 0.3) is 0 Å². The van der Waals surface area contributed by atoms with Crippen molar-refractivity contribution in [1.29, 1.82) is 0 Å². The van der Waals surface area contributed by atoms with E-state index in [1.54, 1.807) is 17.0 Å². The summed E-state index contributed by atoms with van der Waals surface area (Å²) in [5.41, 5.74) is 0.287. The molecule has 0 saturated carbocycles. The van der Waals surface area contributed by atoms with Crippen LogP contribution in [0, 0.1) is 0 Å². The van der Waals surface area contributed by atoms with Gasteiger partial charge < -0.3 is 20.1 Å². The van der Waals surface area contributed by atoms with E-state index in [0.717, 1.165) is 18.5 Å². The summed E-state index contributed by atoms with van der Waals surface area (Å²) in [5.74, 6) is 0.257. The number of anilines is 1. The number of nitrogens with zero attached hydrogens (tertiary/aromatic N) is 1. The number of hydrogen-bond acceptors (Lipinski definition) is 4. The van der Waals surface area contributed by atoms with Crippen molar-refractivity contribution < 1.29 is 14.6 Å². The fourth-order valence-electron chi connectivity index (χ4n) is 2.35. The number of carbonyl (C=O) groups is 1. The van der Waals surface area contributed by atoms with Crippen LogP contribution in [0.1, 0.15) is 33.6 Å². The summed E-state index contributed by atoms with van der Waals surface area (Å²) in [5, 5.41) is 13.1. The van der Waals surface area contributed by atoms with Gasteiger partial charge in [-0.05, 0) is 45.7 Å². The van der Waals surface area contributed by atoms with Crippen LogP contribution in [0.3, 0.4) is 0 Å². The number of amides is 1. The first-order valence-corrected chi connectivity index (χ1v) is 7.37. The van der Waals surface area contributed by atoms with Crippen LogP contribution >= 0.6 is 0 Å². The van der Waals surface area contributed by atoms with E-state index in [-0.39, 0.29) is 17.9 Å². The number of piperidine rings is 1. The molecule has 2 rings (SSSR count). The molecule has 1 heterocycles. The average Bonchev–Trinajstić information content (AvgIpc) is 2.40. The molecule has 1 aromatic carbocycles. The maximum absolute atomic E-state index is 12.0. The summed E-state index contributed by atoms with van der Waals surface area (Å²) in [6.07, 6.45) is 1.43. The second-order valence-corrected chi connectivity index (χ2v) is 6.40. The number of nitrogens with one attached hydrogen (secondary N) is 1. The van der Waals surface area contributed by atoms with Gasteiger partial charge in [0, 0.05) is 19.1 Å². The second kappa shape index (κ2) is 6.24. The molecule has 0 spiro atoms. The number of aromatic hydroxyl groups is 1. The minimum Gasteiger partial charge on any atom is -0.506 e. The molecule has 1 aromatic rings. The third-order valence-corrected chi connectivity index (χ3v) is 3.41. The average molecular weight is 292 g/mol. The molecule has 1 saturated heterocycles. The molecule has 1 aliphatic heterocycles. The minimum absolute atomic E-state index is 0.247. The third kappa shape index (κ3) is 4.55. The van der Waals surface area contributed by atoms with Gasteiger partial charge in [-0.3, -0.25) is 0 Å². The molecule has 0 unspecified atom stereocenters. The molecule has 1 fully saturated rings. The van der Waals surface area contributed by atoms with E-state index in [0.29, 0.717) is 13.1 Å². The van der Waals surface area contributed by atoms with E-state index in [2.05, 4.69) is 5.32 Å². The fraction of sp³-hybridized carbons (Fsp3) is 0.562. The molecule has 0 radical (unpaired) electrons. The minimum atomic E-state index is -0.456. The van der Waals surface area contributed by atoms with Gasteiger partial charge in [-0.1, -0.05) is 12.1 Å². The monoisotopic (exact) mass is 292 g/mol. The standard InChI is InChI=1S/C16H24N2O3/c1-16(2,3)21-15(20)18-10-8-12(9-11-18)17-13-6-4-5-7-14(13)19/h4-7,12,17,19H,8-11H2,1-3H3. The number of carbonyl (C=O) groups excluding carboxylic acids is 1. The number of likely N-dealkylation sites (tertiary alicyclic amines) is 1. The van der Waals surface area contributed by atoms with Crippen molar-refractivity contribution in [2.24, 2.45) is 0 Å². The summed E-state index contributed by atoms with van der Waals surface area (Å²) in [7, 11) is 0. The van der Waals surface area contributed by atoms with Gasteiger partial charge in [0.2, 0.25) is 0 Å². The highest BCUT2D eigenvalue weighted by Gasteiger charge is 2.26. The first-order valence-electron chi connectivity index (χ1n) is 7.37. The number of phenolic OH excluding ortho intramolecular Hbond substituents is 1. The molecule has 5 heteroatoms. The number of para-hydroxylation sites is 2. The van der Waals surface area contributed by atoms with Crippen molar-refractivity contribution in [2.75, 3.05) is 18.4 Å². The maximum Gasteiger partial charge on any atom is 0.410 e. The topological polar surface area (TPSA) is 61.8 Å². The van der Waals surface area contributed by atoms with Crippen molar-refractivity contribution in [3.05, 3.63) is 24.3 Å². The molecule has 5 nitrogen and oxygen atoms in total. The van der Waals surface area contributed by atoms with Crippen molar-refractivity contribution in [2.45, 2.75) is 45.3 Å². The Kier molecular flexibility index (Phi) is 4.60. The predicted octanol–water partition coefficient (Wildman–Crippen LogP) is 3.20. The number of ether oxygens (including phenoxy) is 1. The van der Waals surface area contributed by atoms with Crippen molar-refractivity contribution in [1.82, 2.24) is 4.90 Å². The number of phenols is 1. The van der Waals surface area contributed by atoms with Crippen LogP contribution in [0.5, 0.6) is 5.75 Å². The van der Waals surface area contributed by atoms with E-state index < -0.39 is 5.60 Å². The summed E-state index contributed by atoms with van der Waals surface area (Å²) in [6.45, 7) is 6.95. The zero-order valence-corrected chi connectivity index (χ0v) is 12.9. The Morgan fingerprint density at radius 1 is 1.29 bits per heavy atom. The van der Waals surface area contributed by atoms with Crippen molar-refractivity contribution >= 4 is 11.8 Å². The van der Waals surface area contributed by atoms with E-state index in [9.17, 15) is 9.90 Å². The van der Waals surface area contributed by atoms with Crippen LogP contribution in [0.15, 0.2) is 24.3 Å². The lowest BCUT2D eigenvalue weighted by molar-refractivity contribution is 0.0210. The molecule has 116 valence electrons. The van der Waals surface area contributed by atoms with Crippen LogP contribution in [0.2, 0.25) is 0 Å². The second-order valence-electron chi connectivity index (χ2n) is 6.40. The summed E-state index contributed by atoms with van der Waals surface area (Å²) in [6, 6.07) is 7.47. The highest BCUT2D eigenvalue weighted by Crippen LogP contribution is 2.25. The van der Waals surface area contributed by atoms with Crippen molar-refractivity contribution in [3.63, 3.8) is 0 Å². The molecule has 0 atom stereocenters. The molecule has 0 aliphatic carbocycles. The number of hydrogen-bond donors (Lipinski definition) is 2. The largest absolute Gasteiger partial charge is 0.506 e. The van der Waals surface area contributed by atoms with Crippen LogP contribution in [-0.2, 0) is 4.74 Å². The van der Waals surface area contributed by atoms with Gasteiger partial charge in [0.05, 0.1) is 5.69 Å². The zero-order valence-electron chi connectivity index (χ0n) is 12.9. The summed E-state index contributed by atoms with van der Waals surface area (Å²) in [4.78, 5) is 13.7. The molecule has 1 amide bonds. The maximum atomic E-state index is 12.0. The Balaban J connectivity index is 1.83. The first kappa shape index (κ1) is 15.5. The molecule has 21 heavy (non-hydrogen) atoms. The van der Waals surface area contributed by atoms with Crippen LogP contribution in [-0.4, -0.2) is 40.8 Å². The van der Waals surface area contributed by atoms with E-state index in [1.165, 1.54) is 0 Å². The molecule has 0 aromatic heterocycles. The molecular weight excluding hydrogens is 268 g/mol. The predicted molar refractivity (Wildman–Crippen MR) is 82.6 cm³/mol. The molecular formula is C16H24N2O3. The Bertz CT molecular complexity index is 489. The van der Waals surface area contributed by atoms with E-state index in [1.807, 2.05) is 32.9 Å². The van der Waals surface area contributed by atoms with E-state index >= 15 is 0 Å².